The fourth-order valence-corrected chi connectivity index (χ4v) is 4.24. The molecule has 0 bridgehead atoms. The number of benzene rings is 2. The number of piperidine rings is 1. The summed E-state index contributed by atoms with van der Waals surface area (Å²) in [5.74, 6) is 0.527. The first kappa shape index (κ1) is 21.8. The van der Waals surface area contributed by atoms with Crippen LogP contribution < -0.4 is 10.1 Å². The third-order valence-corrected chi connectivity index (χ3v) is 6.10. The van der Waals surface area contributed by atoms with Gasteiger partial charge in [0.2, 0.25) is 0 Å². The van der Waals surface area contributed by atoms with Gasteiger partial charge in [-0.25, -0.2) is 9.59 Å². The number of urea groups is 1. The number of nitrogens with zero attached hydrogens (tertiary/aromatic N) is 3. The smallest absolute Gasteiger partial charge is 0.410 e. The molecule has 2 saturated heterocycles. The Kier molecular flexibility index (Phi) is 6.10. The van der Waals surface area contributed by atoms with Crippen LogP contribution in [0, 0.1) is 11.3 Å². The molecule has 2 heterocycles. The number of rotatable bonds is 4. The van der Waals surface area contributed by atoms with Crippen molar-refractivity contribution in [3.8, 4) is 11.8 Å². The normalized spacial score (nSPS) is 17.1. The van der Waals surface area contributed by atoms with Crippen LogP contribution in [0.1, 0.15) is 24.0 Å². The minimum atomic E-state index is -0.589. The number of ether oxygens (including phenoxy) is 2. The highest BCUT2D eigenvalue weighted by molar-refractivity contribution is 6.31. The second-order valence-corrected chi connectivity index (χ2v) is 8.41. The van der Waals surface area contributed by atoms with Crippen LogP contribution in [0.2, 0.25) is 5.02 Å². The van der Waals surface area contributed by atoms with Gasteiger partial charge in [-0.3, -0.25) is 4.90 Å². The van der Waals surface area contributed by atoms with E-state index < -0.39 is 5.60 Å². The molecule has 0 radical (unpaired) electrons. The summed E-state index contributed by atoms with van der Waals surface area (Å²) in [4.78, 5) is 28.6. The van der Waals surface area contributed by atoms with Crippen molar-refractivity contribution in [3.05, 3.63) is 58.6 Å². The monoisotopic (exact) mass is 454 g/mol. The zero-order chi connectivity index (χ0) is 22.7. The highest BCUT2D eigenvalue weighted by Crippen LogP contribution is 2.35. The van der Waals surface area contributed by atoms with Crippen molar-refractivity contribution in [2.24, 2.45) is 0 Å². The highest BCUT2D eigenvalue weighted by Gasteiger charge is 2.47. The van der Waals surface area contributed by atoms with Gasteiger partial charge in [-0.1, -0.05) is 23.7 Å². The molecule has 4 rings (SSSR count). The van der Waals surface area contributed by atoms with Crippen molar-refractivity contribution in [3.63, 3.8) is 0 Å². The van der Waals surface area contributed by atoms with E-state index in [-0.39, 0.29) is 12.1 Å². The van der Waals surface area contributed by atoms with Crippen LogP contribution in [0.4, 0.5) is 15.3 Å². The lowest BCUT2D eigenvalue weighted by molar-refractivity contribution is 0.0109. The van der Waals surface area contributed by atoms with E-state index in [1.165, 1.54) is 7.11 Å². The average Bonchev–Trinajstić information content (AvgIpc) is 3.09. The molecule has 0 saturated carbocycles. The first-order chi connectivity index (χ1) is 15.4. The van der Waals surface area contributed by atoms with E-state index in [0.717, 1.165) is 5.56 Å². The zero-order valence-electron chi connectivity index (χ0n) is 17.6. The van der Waals surface area contributed by atoms with E-state index in [9.17, 15) is 9.59 Å². The van der Waals surface area contributed by atoms with Crippen molar-refractivity contribution in [2.75, 3.05) is 32.1 Å². The molecule has 1 spiro atoms. The van der Waals surface area contributed by atoms with Crippen molar-refractivity contribution in [1.82, 2.24) is 9.80 Å². The molecule has 9 heteroatoms. The minimum Gasteiger partial charge on any atom is -0.495 e. The van der Waals surface area contributed by atoms with Gasteiger partial charge in [0, 0.05) is 37.5 Å². The van der Waals surface area contributed by atoms with Crippen LogP contribution in [0.3, 0.4) is 0 Å². The lowest BCUT2D eigenvalue weighted by atomic mass is 9.91. The first-order valence-corrected chi connectivity index (χ1v) is 10.7. The molecule has 32 heavy (non-hydrogen) atoms. The molecule has 0 atom stereocenters. The number of likely N-dealkylation sites (tertiary alicyclic amines) is 1. The molecule has 1 N–H and O–H groups in total. The fourth-order valence-electron chi connectivity index (χ4n) is 4.07. The maximum atomic E-state index is 12.7. The van der Waals surface area contributed by atoms with E-state index >= 15 is 0 Å². The summed E-state index contributed by atoms with van der Waals surface area (Å²) in [6.07, 6.45) is 0.765. The van der Waals surface area contributed by atoms with Gasteiger partial charge in [0.05, 0.1) is 31.0 Å². The summed E-state index contributed by atoms with van der Waals surface area (Å²) in [6, 6.07) is 14.0. The number of nitrogens with one attached hydrogen (secondary N) is 1. The number of amides is 3. The van der Waals surface area contributed by atoms with Crippen molar-refractivity contribution in [1.29, 1.82) is 5.26 Å². The van der Waals surface area contributed by atoms with E-state index in [4.69, 9.17) is 26.3 Å². The molecule has 2 aliphatic heterocycles. The molecule has 0 aliphatic carbocycles. The Hall–Kier alpha value is -3.44. The van der Waals surface area contributed by atoms with Crippen LogP contribution in [0.5, 0.6) is 5.75 Å². The van der Waals surface area contributed by atoms with E-state index in [1.54, 1.807) is 40.1 Å². The van der Waals surface area contributed by atoms with Gasteiger partial charge in [-0.15, -0.1) is 0 Å². The molecule has 8 nitrogen and oxygen atoms in total. The standard InChI is InChI=1S/C23H23ClN4O4/c1-31-20-7-6-18(24)12-19(20)26-21(29)27-10-8-23(9-11-27)15-28(22(30)32-23)14-17-4-2-16(13-25)3-5-17/h2-7,12H,8-11,14-15H2,1H3,(H,26,29). The van der Waals surface area contributed by atoms with Gasteiger partial charge < -0.3 is 19.7 Å². The average molecular weight is 455 g/mol. The van der Waals surface area contributed by atoms with Gasteiger partial charge in [-0.2, -0.15) is 5.26 Å². The molecule has 2 aromatic carbocycles. The quantitative estimate of drug-likeness (QED) is 0.745. The van der Waals surface area contributed by atoms with Crippen LogP contribution in [-0.2, 0) is 11.3 Å². The molecule has 2 aliphatic rings. The Morgan fingerprint density at radius 1 is 1.25 bits per heavy atom. The number of hydrogen-bond acceptors (Lipinski definition) is 5. The second-order valence-electron chi connectivity index (χ2n) is 7.98. The van der Waals surface area contributed by atoms with E-state index in [0.29, 0.717) is 61.0 Å². The van der Waals surface area contributed by atoms with Crippen molar-refractivity contribution < 1.29 is 19.1 Å². The van der Waals surface area contributed by atoms with Gasteiger partial charge in [0.15, 0.2) is 0 Å². The molecular formula is C23H23ClN4O4. The van der Waals surface area contributed by atoms with Crippen LogP contribution in [-0.4, -0.2) is 54.3 Å². The number of nitriles is 1. The maximum Gasteiger partial charge on any atom is 0.410 e. The van der Waals surface area contributed by atoms with Crippen LogP contribution in [0.25, 0.3) is 0 Å². The van der Waals surface area contributed by atoms with Crippen LogP contribution >= 0.6 is 11.6 Å². The maximum absolute atomic E-state index is 12.7. The number of carbonyl (C=O) groups is 2. The lowest BCUT2D eigenvalue weighted by Gasteiger charge is -2.37. The van der Waals surface area contributed by atoms with Crippen molar-refractivity contribution >= 4 is 29.4 Å². The van der Waals surface area contributed by atoms with E-state index in [2.05, 4.69) is 11.4 Å². The summed E-state index contributed by atoms with van der Waals surface area (Å²) in [6.45, 7) is 1.83. The predicted molar refractivity (Wildman–Crippen MR) is 119 cm³/mol. The molecule has 0 unspecified atom stereocenters. The minimum absolute atomic E-state index is 0.251. The van der Waals surface area contributed by atoms with Crippen LogP contribution in [0.15, 0.2) is 42.5 Å². The Labute approximate surface area is 191 Å². The summed E-state index contributed by atoms with van der Waals surface area (Å²) in [7, 11) is 1.53. The third-order valence-electron chi connectivity index (χ3n) is 5.86. The first-order valence-electron chi connectivity index (χ1n) is 10.3. The molecular weight excluding hydrogens is 432 g/mol. The lowest BCUT2D eigenvalue weighted by Crippen LogP contribution is -2.49. The fraction of sp³-hybridized carbons (Fsp3) is 0.348. The zero-order valence-corrected chi connectivity index (χ0v) is 18.4. The molecule has 166 valence electrons. The number of halogens is 1. The SMILES string of the molecule is COc1ccc(Cl)cc1NC(=O)N1CCC2(CC1)CN(Cc1ccc(C#N)cc1)C(=O)O2. The van der Waals surface area contributed by atoms with Gasteiger partial charge in [-0.05, 0) is 35.9 Å². The highest BCUT2D eigenvalue weighted by atomic mass is 35.5. The summed E-state index contributed by atoms with van der Waals surface area (Å²) in [5.41, 5.74) is 1.43. The summed E-state index contributed by atoms with van der Waals surface area (Å²) >= 11 is 6.04. The van der Waals surface area contributed by atoms with Gasteiger partial charge >= 0.3 is 12.1 Å². The number of anilines is 1. The molecule has 2 fully saturated rings. The molecule has 3 amide bonds. The Bertz CT molecular complexity index is 1060. The molecule has 0 aromatic heterocycles. The van der Waals surface area contributed by atoms with Crippen molar-refractivity contribution in [2.45, 2.75) is 25.0 Å². The third kappa shape index (κ3) is 4.58. The van der Waals surface area contributed by atoms with E-state index in [1.807, 2.05) is 12.1 Å². The van der Waals surface area contributed by atoms with Gasteiger partial charge in [0.25, 0.3) is 0 Å². The number of hydrogen-bond donors (Lipinski definition) is 1. The Balaban J connectivity index is 1.34. The summed E-state index contributed by atoms with van der Waals surface area (Å²) in [5, 5.41) is 12.3. The number of methoxy groups -OCH3 is 1. The number of carbonyl (C=O) groups excluding carboxylic acids is 2. The topological polar surface area (TPSA) is 94.9 Å². The Morgan fingerprint density at radius 3 is 2.62 bits per heavy atom. The van der Waals surface area contributed by atoms with Gasteiger partial charge in [0.1, 0.15) is 11.4 Å². The predicted octanol–water partition coefficient (Wildman–Crippen LogP) is 4.24. The Morgan fingerprint density at radius 2 is 1.97 bits per heavy atom. The largest absolute Gasteiger partial charge is 0.495 e. The summed E-state index contributed by atoms with van der Waals surface area (Å²) < 4.78 is 11.0. The molecule has 2 aromatic rings. The second kappa shape index (κ2) is 8.97.